The van der Waals surface area contributed by atoms with Gasteiger partial charge in [-0.2, -0.15) is 11.3 Å². The number of rotatable bonds is 4. The highest BCUT2D eigenvalue weighted by molar-refractivity contribution is 7.07. The van der Waals surface area contributed by atoms with Gasteiger partial charge < -0.3 is 9.84 Å². The van der Waals surface area contributed by atoms with Gasteiger partial charge in [-0.15, -0.1) is 0 Å². The van der Waals surface area contributed by atoms with Crippen molar-refractivity contribution in [3.63, 3.8) is 0 Å². The standard InChI is InChI=1S/C11H9NO3S/c13-11(14)9-3-10(5-12-4-9)15-6-8-1-2-16-7-8/h1-5,7H,6H2,(H,13,14). The molecule has 2 rings (SSSR count). The fourth-order valence-corrected chi connectivity index (χ4v) is 1.81. The highest BCUT2D eigenvalue weighted by Gasteiger charge is 2.04. The van der Waals surface area contributed by atoms with Crippen molar-refractivity contribution in [1.82, 2.24) is 4.98 Å². The van der Waals surface area contributed by atoms with E-state index in [0.717, 1.165) is 5.56 Å². The van der Waals surface area contributed by atoms with Crippen LogP contribution >= 0.6 is 11.3 Å². The van der Waals surface area contributed by atoms with Crippen molar-refractivity contribution in [2.45, 2.75) is 6.61 Å². The van der Waals surface area contributed by atoms with E-state index in [4.69, 9.17) is 9.84 Å². The molecule has 4 nitrogen and oxygen atoms in total. The van der Waals surface area contributed by atoms with E-state index in [1.807, 2.05) is 16.8 Å². The van der Waals surface area contributed by atoms with Gasteiger partial charge >= 0.3 is 5.97 Å². The van der Waals surface area contributed by atoms with Crippen LogP contribution in [-0.2, 0) is 6.61 Å². The molecule has 0 fully saturated rings. The van der Waals surface area contributed by atoms with Crippen LogP contribution < -0.4 is 4.74 Å². The average molecular weight is 235 g/mol. The van der Waals surface area contributed by atoms with Crippen molar-refractivity contribution >= 4 is 17.3 Å². The molecule has 2 aromatic heterocycles. The van der Waals surface area contributed by atoms with Crippen LogP contribution in [0.1, 0.15) is 15.9 Å². The number of aromatic nitrogens is 1. The molecule has 0 aliphatic heterocycles. The zero-order valence-corrected chi connectivity index (χ0v) is 9.11. The normalized spacial score (nSPS) is 10.0. The molecule has 0 saturated carbocycles. The average Bonchev–Trinajstić information content (AvgIpc) is 2.79. The third-order valence-electron chi connectivity index (χ3n) is 1.95. The summed E-state index contributed by atoms with van der Waals surface area (Å²) in [6.45, 7) is 0.425. The van der Waals surface area contributed by atoms with E-state index in [2.05, 4.69) is 4.98 Å². The number of nitrogens with zero attached hydrogens (tertiary/aromatic N) is 1. The van der Waals surface area contributed by atoms with Crippen LogP contribution in [0.3, 0.4) is 0 Å². The van der Waals surface area contributed by atoms with Crippen molar-refractivity contribution in [2.24, 2.45) is 0 Å². The van der Waals surface area contributed by atoms with Gasteiger partial charge in [-0.05, 0) is 28.5 Å². The third-order valence-corrected chi connectivity index (χ3v) is 2.68. The summed E-state index contributed by atoms with van der Waals surface area (Å²) < 4.78 is 5.42. The topological polar surface area (TPSA) is 59.4 Å². The first-order chi connectivity index (χ1) is 7.75. The SMILES string of the molecule is O=C(O)c1cncc(OCc2ccsc2)c1. The van der Waals surface area contributed by atoms with Gasteiger partial charge in [0.1, 0.15) is 12.4 Å². The van der Waals surface area contributed by atoms with E-state index in [-0.39, 0.29) is 5.56 Å². The second-order valence-corrected chi connectivity index (χ2v) is 3.91. The quantitative estimate of drug-likeness (QED) is 0.884. The number of pyridine rings is 1. The maximum Gasteiger partial charge on any atom is 0.337 e. The highest BCUT2D eigenvalue weighted by atomic mass is 32.1. The number of thiophene rings is 1. The van der Waals surface area contributed by atoms with E-state index in [1.165, 1.54) is 18.5 Å². The Labute approximate surface area is 96.1 Å². The third kappa shape index (κ3) is 2.58. The molecular formula is C11H9NO3S. The second-order valence-electron chi connectivity index (χ2n) is 3.13. The molecule has 0 amide bonds. The van der Waals surface area contributed by atoms with E-state index in [0.29, 0.717) is 12.4 Å². The van der Waals surface area contributed by atoms with Gasteiger partial charge in [0.15, 0.2) is 0 Å². The maximum absolute atomic E-state index is 10.7. The van der Waals surface area contributed by atoms with Crippen LogP contribution in [0, 0.1) is 0 Å². The van der Waals surface area contributed by atoms with Gasteiger partial charge in [-0.25, -0.2) is 4.79 Å². The number of hydrogen-bond acceptors (Lipinski definition) is 4. The van der Waals surface area contributed by atoms with Crippen molar-refractivity contribution in [2.75, 3.05) is 0 Å². The summed E-state index contributed by atoms with van der Waals surface area (Å²) in [6.07, 6.45) is 2.79. The van der Waals surface area contributed by atoms with Gasteiger partial charge in [0.25, 0.3) is 0 Å². The molecule has 5 heteroatoms. The summed E-state index contributed by atoms with van der Waals surface area (Å²) >= 11 is 1.59. The summed E-state index contributed by atoms with van der Waals surface area (Å²) in [4.78, 5) is 14.5. The predicted octanol–water partition coefficient (Wildman–Crippen LogP) is 2.42. The van der Waals surface area contributed by atoms with Crippen molar-refractivity contribution in [3.05, 3.63) is 46.4 Å². The number of aromatic carboxylic acids is 1. The van der Waals surface area contributed by atoms with Crippen LogP contribution in [0.2, 0.25) is 0 Å². The van der Waals surface area contributed by atoms with Crippen LogP contribution in [0.15, 0.2) is 35.3 Å². The molecule has 0 bridgehead atoms. The predicted molar refractivity (Wildman–Crippen MR) is 59.8 cm³/mol. The fraction of sp³-hybridized carbons (Fsp3) is 0.0909. The Morgan fingerprint density at radius 3 is 3.06 bits per heavy atom. The Morgan fingerprint density at radius 2 is 2.38 bits per heavy atom. The highest BCUT2D eigenvalue weighted by Crippen LogP contribution is 2.14. The van der Waals surface area contributed by atoms with Gasteiger partial charge in [-0.1, -0.05) is 0 Å². The smallest absolute Gasteiger partial charge is 0.337 e. The Balaban J connectivity index is 2.04. The number of carbonyl (C=O) groups is 1. The Kier molecular flexibility index (Phi) is 3.16. The molecule has 0 unspecified atom stereocenters. The maximum atomic E-state index is 10.7. The van der Waals surface area contributed by atoms with Gasteiger partial charge in [0.2, 0.25) is 0 Å². The Morgan fingerprint density at radius 1 is 1.50 bits per heavy atom. The number of hydrogen-bond donors (Lipinski definition) is 1. The number of carboxylic acid groups (broad SMARTS) is 1. The minimum atomic E-state index is -1.01. The van der Waals surface area contributed by atoms with E-state index < -0.39 is 5.97 Å². The van der Waals surface area contributed by atoms with E-state index in [9.17, 15) is 4.79 Å². The molecular weight excluding hydrogens is 226 g/mol. The largest absolute Gasteiger partial charge is 0.487 e. The zero-order valence-electron chi connectivity index (χ0n) is 8.29. The molecule has 1 N–H and O–H groups in total. The molecule has 0 saturated heterocycles. The Hall–Kier alpha value is -1.88. The minimum absolute atomic E-state index is 0.128. The van der Waals surface area contributed by atoms with Gasteiger partial charge in [0, 0.05) is 6.20 Å². The van der Waals surface area contributed by atoms with Crippen LogP contribution in [0.5, 0.6) is 5.75 Å². The van der Waals surface area contributed by atoms with Gasteiger partial charge in [-0.3, -0.25) is 4.98 Å². The molecule has 0 radical (unpaired) electrons. The molecule has 0 aliphatic carbocycles. The van der Waals surface area contributed by atoms with E-state index >= 15 is 0 Å². The minimum Gasteiger partial charge on any atom is -0.487 e. The van der Waals surface area contributed by atoms with Crippen molar-refractivity contribution < 1.29 is 14.6 Å². The summed E-state index contributed by atoms with van der Waals surface area (Å²) in [5.41, 5.74) is 1.19. The molecule has 0 aromatic carbocycles. The number of carboxylic acids is 1. The van der Waals surface area contributed by atoms with Crippen LogP contribution in [0.4, 0.5) is 0 Å². The summed E-state index contributed by atoms with van der Waals surface area (Å²) in [6, 6.07) is 3.42. The van der Waals surface area contributed by atoms with Crippen LogP contribution in [0.25, 0.3) is 0 Å². The lowest BCUT2D eigenvalue weighted by Crippen LogP contribution is -1.99. The molecule has 0 aliphatic rings. The monoisotopic (exact) mass is 235 g/mol. The first kappa shape index (κ1) is 10.6. The molecule has 16 heavy (non-hydrogen) atoms. The van der Waals surface area contributed by atoms with Gasteiger partial charge in [0.05, 0.1) is 11.8 Å². The second kappa shape index (κ2) is 4.76. The summed E-state index contributed by atoms with van der Waals surface area (Å²) in [7, 11) is 0. The number of ether oxygens (including phenoxy) is 1. The molecule has 0 spiro atoms. The molecule has 2 aromatic rings. The lowest BCUT2D eigenvalue weighted by Gasteiger charge is -2.04. The zero-order chi connectivity index (χ0) is 11.4. The first-order valence-electron chi connectivity index (χ1n) is 4.58. The van der Waals surface area contributed by atoms with E-state index in [1.54, 1.807) is 11.3 Å². The molecule has 82 valence electrons. The summed E-state index contributed by atoms with van der Waals surface area (Å²) in [5.74, 6) is -0.542. The first-order valence-corrected chi connectivity index (χ1v) is 5.52. The lowest BCUT2D eigenvalue weighted by molar-refractivity contribution is 0.0696. The Bertz CT molecular complexity index is 482. The fourth-order valence-electron chi connectivity index (χ4n) is 1.16. The summed E-state index contributed by atoms with van der Waals surface area (Å²) in [5, 5.41) is 12.7. The van der Waals surface area contributed by atoms with Crippen molar-refractivity contribution in [1.29, 1.82) is 0 Å². The molecule has 2 heterocycles. The lowest BCUT2D eigenvalue weighted by atomic mass is 10.3. The molecule has 0 atom stereocenters. The van der Waals surface area contributed by atoms with Crippen LogP contribution in [-0.4, -0.2) is 16.1 Å². The van der Waals surface area contributed by atoms with Crippen molar-refractivity contribution in [3.8, 4) is 5.75 Å².